The number of nitrogens with two attached hydrogens (primary N) is 1. The second-order valence-corrected chi connectivity index (χ2v) is 4.34. The number of rotatable bonds is 4. The summed E-state index contributed by atoms with van der Waals surface area (Å²) in [6.45, 7) is 4.16. The van der Waals surface area contributed by atoms with E-state index in [1.165, 1.54) is 6.07 Å². The van der Waals surface area contributed by atoms with E-state index in [9.17, 15) is 4.39 Å². The summed E-state index contributed by atoms with van der Waals surface area (Å²) in [4.78, 5) is 0. The molecule has 3 nitrogen and oxygen atoms in total. The Balaban J connectivity index is 2.44. The predicted octanol–water partition coefficient (Wildman–Crippen LogP) is 3.12. The largest absolute Gasteiger partial charge is 0.456 e. The second kappa shape index (κ2) is 4.85. The lowest BCUT2D eigenvalue weighted by molar-refractivity contribution is 0.328. The van der Waals surface area contributed by atoms with Crippen molar-refractivity contribution in [2.45, 2.75) is 26.3 Å². The number of nitrogens with one attached hydrogen (secondary N) is 1. The van der Waals surface area contributed by atoms with E-state index in [2.05, 4.69) is 19.3 Å². The average Bonchev–Trinajstić information content (AvgIpc) is 2.75. The Morgan fingerprint density at radius 1 is 1.47 bits per heavy atom. The fraction of sp³-hybridized carbons (Fsp3) is 0.385. The number of hydrogen-bond donors (Lipinski definition) is 2. The Bertz CT molecular complexity index is 509. The minimum absolute atomic E-state index is 0.0909. The first-order valence-electron chi connectivity index (χ1n) is 5.81. The summed E-state index contributed by atoms with van der Waals surface area (Å²) in [7, 11) is 0. The van der Waals surface area contributed by atoms with Gasteiger partial charge in [-0.1, -0.05) is 32.4 Å². The first-order valence-corrected chi connectivity index (χ1v) is 5.81. The molecule has 0 radical (unpaired) electrons. The van der Waals surface area contributed by atoms with E-state index in [1.54, 1.807) is 6.07 Å². The fourth-order valence-corrected chi connectivity index (χ4v) is 1.96. The molecule has 0 aliphatic carbocycles. The van der Waals surface area contributed by atoms with Crippen molar-refractivity contribution in [3.63, 3.8) is 0 Å². The molecule has 17 heavy (non-hydrogen) atoms. The van der Waals surface area contributed by atoms with E-state index < -0.39 is 0 Å². The van der Waals surface area contributed by atoms with Gasteiger partial charge in [0.05, 0.1) is 6.04 Å². The summed E-state index contributed by atoms with van der Waals surface area (Å²) in [6, 6.07) is 6.64. The quantitative estimate of drug-likeness (QED) is 0.633. The molecule has 0 bridgehead atoms. The van der Waals surface area contributed by atoms with E-state index in [-0.39, 0.29) is 11.9 Å². The van der Waals surface area contributed by atoms with Crippen molar-refractivity contribution in [2.24, 2.45) is 11.8 Å². The number of para-hydroxylation sites is 1. The molecule has 92 valence electrons. The highest BCUT2D eigenvalue weighted by molar-refractivity contribution is 5.78. The molecular formula is C13H17FN2O. The van der Waals surface area contributed by atoms with Gasteiger partial charge in [-0.05, 0) is 18.1 Å². The summed E-state index contributed by atoms with van der Waals surface area (Å²) >= 11 is 0. The molecule has 0 saturated carbocycles. The Hall–Kier alpha value is -1.39. The predicted molar refractivity (Wildman–Crippen MR) is 65.7 cm³/mol. The first-order chi connectivity index (χ1) is 8.17. The molecule has 2 unspecified atom stereocenters. The maximum absolute atomic E-state index is 13.5. The molecule has 0 fully saturated rings. The summed E-state index contributed by atoms with van der Waals surface area (Å²) in [6.07, 6.45) is 0.967. The van der Waals surface area contributed by atoms with Gasteiger partial charge in [-0.2, -0.15) is 0 Å². The number of fused-ring (bicyclic) bond motifs is 1. The third-order valence-corrected chi connectivity index (χ3v) is 3.21. The van der Waals surface area contributed by atoms with Crippen LogP contribution in [0.4, 0.5) is 4.39 Å². The molecule has 1 heterocycles. The lowest BCUT2D eigenvalue weighted by atomic mass is 9.97. The van der Waals surface area contributed by atoms with Crippen LogP contribution in [-0.4, -0.2) is 0 Å². The maximum Gasteiger partial charge on any atom is 0.169 e. The van der Waals surface area contributed by atoms with Crippen molar-refractivity contribution in [3.8, 4) is 0 Å². The molecule has 0 amide bonds. The van der Waals surface area contributed by atoms with Crippen molar-refractivity contribution in [1.29, 1.82) is 0 Å². The van der Waals surface area contributed by atoms with Gasteiger partial charge >= 0.3 is 0 Å². The molecule has 1 aromatic carbocycles. The van der Waals surface area contributed by atoms with Crippen LogP contribution in [-0.2, 0) is 0 Å². The van der Waals surface area contributed by atoms with Gasteiger partial charge in [-0.15, -0.1) is 0 Å². The molecule has 0 saturated heterocycles. The topological polar surface area (TPSA) is 51.2 Å². The normalized spacial score (nSPS) is 15.1. The van der Waals surface area contributed by atoms with Crippen LogP contribution in [0, 0.1) is 11.7 Å². The van der Waals surface area contributed by atoms with Gasteiger partial charge in [0.15, 0.2) is 11.4 Å². The molecule has 0 aliphatic rings. The number of hydrogen-bond acceptors (Lipinski definition) is 3. The highest BCUT2D eigenvalue weighted by atomic mass is 19.1. The zero-order chi connectivity index (χ0) is 12.4. The van der Waals surface area contributed by atoms with Crippen molar-refractivity contribution in [2.75, 3.05) is 0 Å². The molecule has 0 aliphatic heterocycles. The molecule has 2 aromatic rings. The average molecular weight is 236 g/mol. The smallest absolute Gasteiger partial charge is 0.169 e. The molecule has 2 rings (SSSR count). The lowest BCUT2D eigenvalue weighted by Crippen LogP contribution is -2.32. The van der Waals surface area contributed by atoms with E-state index in [1.807, 2.05) is 12.1 Å². The van der Waals surface area contributed by atoms with Crippen LogP contribution in [0.1, 0.15) is 32.1 Å². The summed E-state index contributed by atoms with van der Waals surface area (Å²) < 4.78 is 19.1. The van der Waals surface area contributed by atoms with Gasteiger partial charge in [0.2, 0.25) is 0 Å². The molecule has 0 spiro atoms. The zero-order valence-electron chi connectivity index (χ0n) is 10.0. The number of hydrazine groups is 1. The van der Waals surface area contributed by atoms with Crippen LogP contribution < -0.4 is 11.3 Å². The molecular weight excluding hydrogens is 219 g/mol. The van der Waals surface area contributed by atoms with Gasteiger partial charge < -0.3 is 4.42 Å². The van der Waals surface area contributed by atoms with Crippen LogP contribution in [0.3, 0.4) is 0 Å². The highest BCUT2D eigenvalue weighted by Gasteiger charge is 2.21. The van der Waals surface area contributed by atoms with Gasteiger partial charge in [0.1, 0.15) is 5.76 Å². The monoisotopic (exact) mass is 236 g/mol. The molecule has 4 heteroatoms. The van der Waals surface area contributed by atoms with Crippen molar-refractivity contribution in [3.05, 3.63) is 35.8 Å². The maximum atomic E-state index is 13.5. The van der Waals surface area contributed by atoms with E-state index in [4.69, 9.17) is 10.3 Å². The zero-order valence-corrected chi connectivity index (χ0v) is 10.0. The first kappa shape index (κ1) is 12.1. The Labute approximate surface area is 99.8 Å². The van der Waals surface area contributed by atoms with E-state index in [0.717, 1.165) is 11.8 Å². The number of halogens is 1. The number of benzene rings is 1. The summed E-state index contributed by atoms with van der Waals surface area (Å²) in [5.74, 6) is 6.20. The van der Waals surface area contributed by atoms with Gasteiger partial charge in [-0.3, -0.25) is 5.84 Å². The summed E-state index contributed by atoms with van der Waals surface area (Å²) in [5.41, 5.74) is 3.03. The van der Waals surface area contributed by atoms with Crippen LogP contribution in [0.15, 0.2) is 28.7 Å². The van der Waals surface area contributed by atoms with Crippen LogP contribution in [0.2, 0.25) is 0 Å². The Morgan fingerprint density at radius 3 is 2.82 bits per heavy atom. The van der Waals surface area contributed by atoms with E-state index in [0.29, 0.717) is 17.3 Å². The second-order valence-electron chi connectivity index (χ2n) is 4.34. The van der Waals surface area contributed by atoms with Gasteiger partial charge in [0, 0.05) is 5.39 Å². The minimum Gasteiger partial charge on any atom is -0.456 e. The SMILES string of the molecule is CCC(C)C(NN)c1cc2cccc(F)c2o1. The lowest BCUT2D eigenvalue weighted by Gasteiger charge is -2.19. The third-order valence-electron chi connectivity index (χ3n) is 3.21. The van der Waals surface area contributed by atoms with Crippen LogP contribution in [0.5, 0.6) is 0 Å². The van der Waals surface area contributed by atoms with Gasteiger partial charge in [-0.25, -0.2) is 9.82 Å². The Kier molecular flexibility index (Phi) is 3.45. The molecule has 2 atom stereocenters. The minimum atomic E-state index is -0.339. The standard InChI is InChI=1S/C13H17FN2O/c1-3-8(2)12(16-15)11-7-9-5-4-6-10(14)13(9)17-11/h4-8,12,16H,3,15H2,1-2H3. The van der Waals surface area contributed by atoms with Crippen molar-refractivity contribution < 1.29 is 8.81 Å². The van der Waals surface area contributed by atoms with Crippen LogP contribution >= 0.6 is 0 Å². The molecule has 3 N–H and O–H groups in total. The highest BCUT2D eigenvalue weighted by Crippen LogP contribution is 2.30. The number of furan rings is 1. The van der Waals surface area contributed by atoms with Crippen LogP contribution in [0.25, 0.3) is 11.0 Å². The van der Waals surface area contributed by atoms with Crippen molar-refractivity contribution in [1.82, 2.24) is 5.43 Å². The third kappa shape index (κ3) is 2.18. The molecule has 1 aromatic heterocycles. The van der Waals surface area contributed by atoms with E-state index >= 15 is 0 Å². The van der Waals surface area contributed by atoms with Gasteiger partial charge in [0.25, 0.3) is 0 Å². The van der Waals surface area contributed by atoms with Crippen molar-refractivity contribution >= 4 is 11.0 Å². The summed E-state index contributed by atoms with van der Waals surface area (Å²) in [5, 5.41) is 0.767. The fourth-order valence-electron chi connectivity index (χ4n) is 1.96. The Morgan fingerprint density at radius 2 is 2.24 bits per heavy atom.